The summed E-state index contributed by atoms with van der Waals surface area (Å²) in [6, 6.07) is 3.77. The third kappa shape index (κ3) is 2.48. The van der Waals surface area contributed by atoms with E-state index in [2.05, 4.69) is 0 Å². The van der Waals surface area contributed by atoms with E-state index in [0.29, 0.717) is 17.4 Å². The van der Waals surface area contributed by atoms with Crippen LogP contribution in [0, 0.1) is 17.2 Å². The smallest absolute Gasteiger partial charge is 0.148 e. The molecule has 3 heteroatoms. The van der Waals surface area contributed by atoms with E-state index in [9.17, 15) is 4.79 Å². The molecule has 1 heterocycles. The summed E-state index contributed by atoms with van der Waals surface area (Å²) in [6.07, 6.45) is 2.36. The fourth-order valence-corrected chi connectivity index (χ4v) is 2.24. The Kier molecular flexibility index (Phi) is 3.18. The molecule has 0 spiro atoms. The molecule has 1 atom stereocenters. The van der Waals surface area contributed by atoms with Crippen molar-refractivity contribution in [3.05, 3.63) is 23.7 Å². The molecule has 1 N–H and O–H groups in total. The number of carbonyl (C=O) groups excluding carboxylic acids is 1. The van der Waals surface area contributed by atoms with Crippen molar-refractivity contribution in [1.29, 1.82) is 5.41 Å². The predicted molar refractivity (Wildman–Crippen MR) is 66.5 cm³/mol. The Balaban J connectivity index is 2.18. The predicted octanol–water partition coefficient (Wildman–Crippen LogP) is 3.39. The van der Waals surface area contributed by atoms with Crippen molar-refractivity contribution in [1.82, 2.24) is 0 Å². The normalized spacial score (nSPS) is 17.2. The van der Waals surface area contributed by atoms with Crippen LogP contribution in [0.25, 0.3) is 0 Å². The van der Waals surface area contributed by atoms with E-state index in [1.807, 2.05) is 26.0 Å². The van der Waals surface area contributed by atoms with Gasteiger partial charge < -0.3 is 9.83 Å². The average Bonchev–Trinajstić information content (AvgIpc) is 2.95. The van der Waals surface area contributed by atoms with Gasteiger partial charge in [-0.2, -0.15) is 0 Å². The first-order valence-electron chi connectivity index (χ1n) is 6.19. The van der Waals surface area contributed by atoms with Crippen LogP contribution < -0.4 is 0 Å². The van der Waals surface area contributed by atoms with Gasteiger partial charge in [0.15, 0.2) is 0 Å². The topological polar surface area (TPSA) is 54.1 Å². The zero-order valence-corrected chi connectivity index (χ0v) is 10.6. The highest BCUT2D eigenvalue weighted by Crippen LogP contribution is 2.41. The van der Waals surface area contributed by atoms with Gasteiger partial charge in [0.2, 0.25) is 0 Å². The SMILES string of the molecule is CC(=O)C(C(=N)c1ccc(C2CC2)o1)C(C)C. The van der Waals surface area contributed by atoms with Crippen molar-refractivity contribution in [2.45, 2.75) is 39.5 Å². The summed E-state index contributed by atoms with van der Waals surface area (Å²) in [4.78, 5) is 11.6. The standard InChI is InChI=1S/C14H19NO2/c1-8(2)13(9(3)16)14(15)12-7-6-11(17-12)10-4-5-10/h6-8,10,13,15H,4-5H2,1-3H3. The Morgan fingerprint density at radius 2 is 2.06 bits per heavy atom. The number of Topliss-reactive ketones (excluding diaryl/α,β-unsaturated/α-hetero) is 1. The van der Waals surface area contributed by atoms with Gasteiger partial charge in [-0.1, -0.05) is 13.8 Å². The van der Waals surface area contributed by atoms with E-state index in [-0.39, 0.29) is 17.6 Å². The van der Waals surface area contributed by atoms with Crippen molar-refractivity contribution in [3.8, 4) is 0 Å². The molecule has 1 aromatic rings. The zero-order valence-electron chi connectivity index (χ0n) is 10.6. The van der Waals surface area contributed by atoms with Gasteiger partial charge >= 0.3 is 0 Å². The maximum absolute atomic E-state index is 11.6. The first-order valence-corrected chi connectivity index (χ1v) is 6.19. The molecular weight excluding hydrogens is 214 g/mol. The Morgan fingerprint density at radius 1 is 1.41 bits per heavy atom. The van der Waals surface area contributed by atoms with Crippen LogP contribution in [0.2, 0.25) is 0 Å². The van der Waals surface area contributed by atoms with Gasteiger partial charge in [0.05, 0.1) is 11.6 Å². The molecule has 1 saturated carbocycles. The van der Waals surface area contributed by atoms with Crippen LogP contribution in [-0.2, 0) is 4.79 Å². The van der Waals surface area contributed by atoms with Crippen LogP contribution >= 0.6 is 0 Å². The van der Waals surface area contributed by atoms with Gasteiger partial charge in [0.25, 0.3) is 0 Å². The molecule has 0 amide bonds. The number of carbonyl (C=O) groups is 1. The van der Waals surface area contributed by atoms with Gasteiger partial charge in [-0.15, -0.1) is 0 Å². The fourth-order valence-electron chi connectivity index (χ4n) is 2.24. The van der Waals surface area contributed by atoms with Gasteiger partial charge in [-0.05, 0) is 37.8 Å². The van der Waals surface area contributed by atoms with Crippen LogP contribution in [-0.4, -0.2) is 11.5 Å². The van der Waals surface area contributed by atoms with E-state index < -0.39 is 0 Å². The lowest BCUT2D eigenvalue weighted by atomic mass is 9.87. The molecular formula is C14H19NO2. The van der Waals surface area contributed by atoms with Crippen LogP contribution in [0.4, 0.5) is 0 Å². The average molecular weight is 233 g/mol. The monoisotopic (exact) mass is 233 g/mol. The van der Waals surface area contributed by atoms with Crippen molar-refractivity contribution >= 4 is 11.5 Å². The Bertz CT molecular complexity index is 441. The van der Waals surface area contributed by atoms with Crippen molar-refractivity contribution in [2.24, 2.45) is 11.8 Å². The molecule has 3 nitrogen and oxygen atoms in total. The van der Waals surface area contributed by atoms with Crippen LogP contribution in [0.5, 0.6) is 0 Å². The maximum Gasteiger partial charge on any atom is 0.148 e. The molecule has 0 bridgehead atoms. The first-order chi connectivity index (χ1) is 8.00. The summed E-state index contributed by atoms with van der Waals surface area (Å²) < 4.78 is 5.67. The highest BCUT2D eigenvalue weighted by molar-refractivity contribution is 6.10. The fraction of sp³-hybridized carbons (Fsp3) is 0.571. The van der Waals surface area contributed by atoms with Crippen LogP contribution in [0.3, 0.4) is 0 Å². The van der Waals surface area contributed by atoms with E-state index in [1.54, 1.807) is 6.92 Å². The number of nitrogens with one attached hydrogen (secondary N) is 1. The number of hydrogen-bond acceptors (Lipinski definition) is 3. The summed E-state index contributed by atoms with van der Waals surface area (Å²) in [6.45, 7) is 5.47. The summed E-state index contributed by atoms with van der Waals surface area (Å²) in [5.41, 5.74) is 0.319. The molecule has 1 aliphatic rings. The molecule has 1 aromatic heterocycles. The molecule has 0 saturated heterocycles. The highest BCUT2D eigenvalue weighted by atomic mass is 16.3. The number of hydrogen-bond donors (Lipinski definition) is 1. The van der Waals surface area contributed by atoms with Gasteiger partial charge in [-0.3, -0.25) is 4.79 Å². The molecule has 0 aliphatic heterocycles. The van der Waals surface area contributed by atoms with Crippen molar-refractivity contribution < 1.29 is 9.21 Å². The Morgan fingerprint density at radius 3 is 2.53 bits per heavy atom. The Labute approximate surface area is 102 Å². The molecule has 92 valence electrons. The summed E-state index contributed by atoms with van der Waals surface area (Å²) in [7, 11) is 0. The molecule has 0 aromatic carbocycles. The molecule has 17 heavy (non-hydrogen) atoms. The third-order valence-corrected chi connectivity index (χ3v) is 3.29. The lowest BCUT2D eigenvalue weighted by Gasteiger charge is -2.17. The minimum Gasteiger partial charge on any atom is -0.460 e. The summed E-state index contributed by atoms with van der Waals surface area (Å²) >= 11 is 0. The lowest BCUT2D eigenvalue weighted by Crippen LogP contribution is -2.26. The van der Waals surface area contributed by atoms with E-state index in [0.717, 1.165) is 5.76 Å². The third-order valence-electron chi connectivity index (χ3n) is 3.29. The van der Waals surface area contributed by atoms with E-state index in [4.69, 9.17) is 9.83 Å². The largest absolute Gasteiger partial charge is 0.460 e. The minimum atomic E-state index is -0.354. The second-order valence-electron chi connectivity index (χ2n) is 5.22. The molecule has 1 aliphatic carbocycles. The molecule has 1 unspecified atom stereocenters. The number of rotatable bonds is 5. The first kappa shape index (κ1) is 12.1. The quantitative estimate of drug-likeness (QED) is 0.792. The highest BCUT2D eigenvalue weighted by Gasteiger charge is 2.30. The molecule has 2 rings (SSSR count). The second-order valence-corrected chi connectivity index (χ2v) is 5.22. The second kappa shape index (κ2) is 4.47. The molecule has 0 radical (unpaired) electrons. The summed E-state index contributed by atoms with van der Waals surface area (Å²) in [5.74, 6) is 1.89. The van der Waals surface area contributed by atoms with Crippen LogP contribution in [0.1, 0.15) is 51.1 Å². The van der Waals surface area contributed by atoms with Crippen molar-refractivity contribution in [2.75, 3.05) is 0 Å². The number of furan rings is 1. The minimum absolute atomic E-state index is 0.0365. The van der Waals surface area contributed by atoms with E-state index in [1.165, 1.54) is 12.8 Å². The van der Waals surface area contributed by atoms with Gasteiger partial charge in [-0.25, -0.2) is 0 Å². The zero-order chi connectivity index (χ0) is 12.6. The molecule has 1 fully saturated rings. The Hall–Kier alpha value is -1.38. The lowest BCUT2D eigenvalue weighted by molar-refractivity contribution is -0.119. The maximum atomic E-state index is 11.6. The van der Waals surface area contributed by atoms with Crippen LogP contribution in [0.15, 0.2) is 16.5 Å². The van der Waals surface area contributed by atoms with E-state index >= 15 is 0 Å². The number of ketones is 1. The van der Waals surface area contributed by atoms with Gasteiger partial charge in [0.1, 0.15) is 17.3 Å². The summed E-state index contributed by atoms with van der Waals surface area (Å²) in [5, 5.41) is 8.11. The van der Waals surface area contributed by atoms with Gasteiger partial charge in [0, 0.05) is 5.92 Å². The van der Waals surface area contributed by atoms with Crippen molar-refractivity contribution in [3.63, 3.8) is 0 Å².